The second-order valence-electron chi connectivity index (χ2n) is 6.08. The molecule has 25 heavy (non-hydrogen) atoms. The highest BCUT2D eigenvalue weighted by Crippen LogP contribution is 2.18. The Morgan fingerprint density at radius 1 is 1.12 bits per heavy atom. The van der Waals surface area contributed by atoms with Gasteiger partial charge >= 0.3 is 5.97 Å². The number of hydrogen-bond acceptors (Lipinski definition) is 3. The number of aliphatic carboxylic acids is 1. The van der Waals surface area contributed by atoms with E-state index in [2.05, 4.69) is 10.6 Å². The largest absolute Gasteiger partial charge is 0.480 e. The van der Waals surface area contributed by atoms with Gasteiger partial charge in [0.2, 0.25) is 0 Å². The number of carbonyl (C=O) groups excluding carboxylic acids is 1. The Bertz CT molecular complexity index is 762. The highest BCUT2D eigenvalue weighted by molar-refractivity contribution is 6.34. The summed E-state index contributed by atoms with van der Waals surface area (Å²) in [5.74, 6) is -1.19. The molecule has 2 aromatic rings. The zero-order valence-corrected chi connectivity index (χ0v) is 14.9. The molecule has 1 amide bonds. The molecule has 0 fully saturated rings. The number of halogens is 1. The van der Waals surface area contributed by atoms with Crippen LogP contribution in [-0.2, 0) is 11.3 Å². The molecule has 0 aliphatic carbocycles. The summed E-state index contributed by atoms with van der Waals surface area (Å²) in [4.78, 5) is 23.5. The van der Waals surface area contributed by atoms with E-state index < -0.39 is 12.0 Å². The zero-order chi connectivity index (χ0) is 18.4. The molecule has 0 heterocycles. The van der Waals surface area contributed by atoms with Crippen molar-refractivity contribution in [2.24, 2.45) is 5.92 Å². The lowest BCUT2D eigenvalue weighted by atomic mass is 10.0. The number of benzene rings is 2. The van der Waals surface area contributed by atoms with Crippen LogP contribution in [-0.4, -0.2) is 23.0 Å². The Hall–Kier alpha value is -2.37. The Morgan fingerprint density at radius 2 is 1.84 bits per heavy atom. The maximum atomic E-state index is 12.3. The Morgan fingerprint density at radius 3 is 2.48 bits per heavy atom. The van der Waals surface area contributed by atoms with Gasteiger partial charge in [-0.3, -0.25) is 9.59 Å². The van der Waals surface area contributed by atoms with Crippen molar-refractivity contribution in [1.82, 2.24) is 5.32 Å². The summed E-state index contributed by atoms with van der Waals surface area (Å²) in [5, 5.41) is 15.4. The highest BCUT2D eigenvalue weighted by atomic mass is 35.5. The molecule has 1 atom stereocenters. The van der Waals surface area contributed by atoms with Crippen LogP contribution in [0.5, 0.6) is 0 Å². The molecule has 132 valence electrons. The number of anilines is 1. The van der Waals surface area contributed by atoms with Crippen LogP contribution in [0.15, 0.2) is 48.5 Å². The molecule has 0 bridgehead atoms. The number of amides is 1. The third-order valence-corrected chi connectivity index (χ3v) is 4.09. The molecule has 0 unspecified atom stereocenters. The van der Waals surface area contributed by atoms with Crippen LogP contribution in [0.1, 0.15) is 29.8 Å². The van der Waals surface area contributed by atoms with Gasteiger partial charge in [-0.05, 0) is 35.7 Å². The summed E-state index contributed by atoms with van der Waals surface area (Å²) in [6, 6.07) is 13.5. The Labute approximate surface area is 152 Å². The van der Waals surface area contributed by atoms with Crippen LogP contribution in [0.25, 0.3) is 0 Å². The standard InChI is InChI=1S/C19H21ClN2O3/c1-12(2)17(19(24)25)21-11-13-6-5-7-14(10-13)22-18(23)15-8-3-4-9-16(15)20/h3-10,12,17,21H,11H2,1-2H3,(H,22,23)(H,24,25)/t17-/m1/s1. The lowest BCUT2D eigenvalue weighted by Crippen LogP contribution is -2.40. The molecular formula is C19H21ClN2O3. The number of carboxylic acids is 1. The molecule has 2 rings (SSSR count). The minimum Gasteiger partial charge on any atom is -0.480 e. The summed E-state index contributed by atoms with van der Waals surface area (Å²) in [6.45, 7) is 4.10. The molecular weight excluding hydrogens is 340 g/mol. The number of carboxylic acid groups (broad SMARTS) is 1. The second-order valence-corrected chi connectivity index (χ2v) is 6.48. The van der Waals surface area contributed by atoms with E-state index in [-0.39, 0.29) is 11.8 Å². The summed E-state index contributed by atoms with van der Waals surface area (Å²) in [5.41, 5.74) is 1.91. The lowest BCUT2D eigenvalue weighted by molar-refractivity contribution is -0.140. The van der Waals surface area contributed by atoms with Crippen molar-refractivity contribution in [2.45, 2.75) is 26.4 Å². The number of rotatable bonds is 7. The molecule has 0 aliphatic rings. The predicted octanol–water partition coefficient (Wildman–Crippen LogP) is 3.79. The topological polar surface area (TPSA) is 78.4 Å². The fourth-order valence-corrected chi connectivity index (χ4v) is 2.66. The minimum atomic E-state index is -0.877. The van der Waals surface area contributed by atoms with Gasteiger partial charge in [-0.15, -0.1) is 0 Å². The van der Waals surface area contributed by atoms with Crippen molar-refractivity contribution in [3.05, 3.63) is 64.7 Å². The second kappa shape index (κ2) is 8.65. The van der Waals surface area contributed by atoms with E-state index in [1.165, 1.54) is 0 Å². The van der Waals surface area contributed by atoms with E-state index in [1.807, 2.05) is 26.0 Å². The lowest BCUT2D eigenvalue weighted by Gasteiger charge is -2.18. The van der Waals surface area contributed by atoms with Gasteiger partial charge in [0.15, 0.2) is 0 Å². The first-order chi connectivity index (χ1) is 11.9. The SMILES string of the molecule is CC(C)[C@@H](NCc1cccc(NC(=O)c2ccccc2Cl)c1)C(=O)O. The van der Waals surface area contributed by atoms with Crippen molar-refractivity contribution >= 4 is 29.2 Å². The zero-order valence-electron chi connectivity index (χ0n) is 14.1. The van der Waals surface area contributed by atoms with Crippen molar-refractivity contribution < 1.29 is 14.7 Å². The van der Waals surface area contributed by atoms with Gasteiger partial charge < -0.3 is 15.7 Å². The van der Waals surface area contributed by atoms with Crippen molar-refractivity contribution in [1.29, 1.82) is 0 Å². The van der Waals surface area contributed by atoms with Gasteiger partial charge in [-0.2, -0.15) is 0 Å². The molecule has 0 spiro atoms. The van der Waals surface area contributed by atoms with Gasteiger partial charge in [0, 0.05) is 12.2 Å². The number of hydrogen-bond donors (Lipinski definition) is 3. The van der Waals surface area contributed by atoms with Crippen molar-refractivity contribution in [3.8, 4) is 0 Å². The summed E-state index contributed by atoms with van der Waals surface area (Å²) >= 11 is 6.03. The highest BCUT2D eigenvalue weighted by Gasteiger charge is 2.20. The van der Waals surface area contributed by atoms with Gasteiger partial charge in [0.05, 0.1) is 10.6 Å². The fourth-order valence-electron chi connectivity index (χ4n) is 2.44. The van der Waals surface area contributed by atoms with Gasteiger partial charge in [0.1, 0.15) is 6.04 Å². The van der Waals surface area contributed by atoms with Crippen LogP contribution in [0.3, 0.4) is 0 Å². The summed E-state index contributed by atoms with van der Waals surface area (Å²) in [7, 11) is 0. The molecule has 0 aromatic heterocycles. The molecule has 2 aromatic carbocycles. The van der Waals surface area contributed by atoms with E-state index in [9.17, 15) is 14.7 Å². The average molecular weight is 361 g/mol. The van der Waals surface area contributed by atoms with Crippen LogP contribution < -0.4 is 10.6 Å². The number of carbonyl (C=O) groups is 2. The Kier molecular flexibility index (Phi) is 6.56. The smallest absolute Gasteiger partial charge is 0.320 e. The van der Waals surface area contributed by atoms with Crippen LogP contribution in [0, 0.1) is 5.92 Å². The molecule has 0 saturated carbocycles. The molecule has 3 N–H and O–H groups in total. The van der Waals surface area contributed by atoms with E-state index in [0.29, 0.717) is 22.8 Å². The van der Waals surface area contributed by atoms with Crippen molar-refractivity contribution in [3.63, 3.8) is 0 Å². The van der Waals surface area contributed by atoms with Crippen LogP contribution in [0.2, 0.25) is 5.02 Å². The van der Waals surface area contributed by atoms with Gasteiger partial charge in [-0.25, -0.2) is 0 Å². The van der Waals surface area contributed by atoms with Gasteiger partial charge in [0.25, 0.3) is 5.91 Å². The summed E-state index contributed by atoms with van der Waals surface area (Å²) < 4.78 is 0. The molecule has 6 heteroatoms. The molecule has 0 saturated heterocycles. The third-order valence-electron chi connectivity index (χ3n) is 3.76. The molecule has 0 aliphatic heterocycles. The van der Waals surface area contributed by atoms with Crippen LogP contribution in [0.4, 0.5) is 5.69 Å². The summed E-state index contributed by atoms with van der Waals surface area (Å²) in [6.07, 6.45) is 0. The monoisotopic (exact) mass is 360 g/mol. The normalized spacial score (nSPS) is 12.0. The van der Waals surface area contributed by atoms with E-state index >= 15 is 0 Å². The molecule has 0 radical (unpaired) electrons. The average Bonchev–Trinajstić information content (AvgIpc) is 2.55. The fraction of sp³-hybridized carbons (Fsp3) is 0.263. The van der Waals surface area contributed by atoms with Crippen LogP contribution >= 0.6 is 11.6 Å². The number of nitrogens with one attached hydrogen (secondary N) is 2. The maximum Gasteiger partial charge on any atom is 0.320 e. The van der Waals surface area contributed by atoms with Gasteiger partial charge in [-0.1, -0.05) is 49.7 Å². The third kappa shape index (κ3) is 5.31. The quantitative estimate of drug-likeness (QED) is 0.702. The van der Waals surface area contributed by atoms with E-state index in [1.54, 1.807) is 36.4 Å². The Balaban J connectivity index is 2.05. The predicted molar refractivity (Wildman–Crippen MR) is 98.9 cm³/mol. The first-order valence-electron chi connectivity index (χ1n) is 7.99. The first-order valence-corrected chi connectivity index (χ1v) is 8.37. The van der Waals surface area contributed by atoms with E-state index in [4.69, 9.17) is 11.6 Å². The van der Waals surface area contributed by atoms with Crippen molar-refractivity contribution in [2.75, 3.05) is 5.32 Å². The molecule has 5 nitrogen and oxygen atoms in total. The first kappa shape index (κ1) is 19.0. The minimum absolute atomic E-state index is 0.0272. The maximum absolute atomic E-state index is 12.3. The van der Waals surface area contributed by atoms with E-state index in [0.717, 1.165) is 5.56 Å².